The van der Waals surface area contributed by atoms with Gasteiger partial charge in [0.1, 0.15) is 12.4 Å². The third kappa shape index (κ3) is 3.14. The van der Waals surface area contributed by atoms with Crippen molar-refractivity contribution in [1.82, 2.24) is 14.5 Å². The molecule has 1 aliphatic rings. The van der Waals surface area contributed by atoms with Gasteiger partial charge in [-0.05, 0) is 35.6 Å². The molecular weight excluding hydrogens is 314 g/mol. The molecule has 5 heteroatoms. The first kappa shape index (κ1) is 15.8. The number of aromatic nitrogens is 3. The zero-order chi connectivity index (χ0) is 17.4. The number of pyridine rings is 1. The highest BCUT2D eigenvalue weighted by atomic mass is 16.5. The van der Waals surface area contributed by atoms with Crippen LogP contribution in [0.1, 0.15) is 31.7 Å². The van der Waals surface area contributed by atoms with Crippen molar-refractivity contribution in [2.75, 3.05) is 0 Å². The first-order valence-electron chi connectivity index (χ1n) is 8.58. The van der Waals surface area contributed by atoms with Gasteiger partial charge in [0, 0.05) is 25.2 Å². The number of hydrogen-bond donors (Lipinski definition) is 0. The Balaban J connectivity index is 1.66. The molecule has 1 aromatic carbocycles. The molecule has 0 N–H and O–H groups in total. The van der Waals surface area contributed by atoms with Crippen LogP contribution in [0, 0.1) is 5.41 Å². The maximum absolute atomic E-state index is 12.8. The summed E-state index contributed by atoms with van der Waals surface area (Å²) in [7, 11) is 0. The molecule has 5 nitrogen and oxygen atoms in total. The van der Waals surface area contributed by atoms with E-state index in [1.54, 1.807) is 6.20 Å². The average Bonchev–Trinajstić information content (AvgIpc) is 2.61. The number of nitrogens with zero attached hydrogens (tertiary/aromatic N) is 3. The van der Waals surface area contributed by atoms with E-state index in [2.05, 4.69) is 18.8 Å². The average molecular weight is 335 g/mol. The molecule has 25 heavy (non-hydrogen) atoms. The number of ether oxygens (including phenoxy) is 1. The maximum Gasteiger partial charge on any atom is 0.261 e. The van der Waals surface area contributed by atoms with Crippen LogP contribution in [0.4, 0.5) is 0 Å². The van der Waals surface area contributed by atoms with Gasteiger partial charge >= 0.3 is 0 Å². The second kappa shape index (κ2) is 5.99. The fourth-order valence-corrected chi connectivity index (χ4v) is 3.30. The highest BCUT2D eigenvalue weighted by Crippen LogP contribution is 2.29. The minimum atomic E-state index is 0.0602. The molecule has 0 atom stereocenters. The minimum absolute atomic E-state index is 0.0602. The molecule has 0 unspecified atom stereocenters. The van der Waals surface area contributed by atoms with Gasteiger partial charge in [-0.1, -0.05) is 26.0 Å². The smallest absolute Gasteiger partial charge is 0.261 e. The van der Waals surface area contributed by atoms with Gasteiger partial charge in [-0.3, -0.25) is 9.36 Å². The van der Waals surface area contributed by atoms with E-state index in [1.807, 2.05) is 41.0 Å². The summed E-state index contributed by atoms with van der Waals surface area (Å²) < 4.78 is 7.53. The van der Waals surface area contributed by atoms with Gasteiger partial charge < -0.3 is 4.74 Å². The molecule has 0 saturated heterocycles. The quantitative estimate of drug-likeness (QED) is 0.736. The van der Waals surface area contributed by atoms with Crippen LogP contribution in [0.5, 0.6) is 5.88 Å². The standard InChI is InChI=1S/C20H21N3O2/c1-20(2)9-8-17-22-16-11-14(12-25-18-5-3-4-10-21-18)6-7-15(16)19(24)23(17)13-20/h3-7,10-11H,8-9,12-13H2,1-2H3. The molecule has 3 aromatic rings. The van der Waals surface area contributed by atoms with Gasteiger partial charge in [-0.15, -0.1) is 0 Å². The van der Waals surface area contributed by atoms with E-state index >= 15 is 0 Å². The van der Waals surface area contributed by atoms with Crippen LogP contribution in [0.2, 0.25) is 0 Å². The summed E-state index contributed by atoms with van der Waals surface area (Å²) in [5.74, 6) is 1.47. The summed E-state index contributed by atoms with van der Waals surface area (Å²) in [6.45, 7) is 5.53. The van der Waals surface area contributed by atoms with Gasteiger partial charge in [-0.25, -0.2) is 9.97 Å². The van der Waals surface area contributed by atoms with E-state index in [4.69, 9.17) is 9.72 Å². The van der Waals surface area contributed by atoms with Crippen molar-refractivity contribution in [3.8, 4) is 5.88 Å². The van der Waals surface area contributed by atoms with E-state index in [0.717, 1.165) is 36.3 Å². The molecule has 0 radical (unpaired) electrons. The Kier molecular flexibility index (Phi) is 3.79. The van der Waals surface area contributed by atoms with Crippen molar-refractivity contribution in [3.63, 3.8) is 0 Å². The zero-order valence-electron chi connectivity index (χ0n) is 14.5. The van der Waals surface area contributed by atoms with Crippen LogP contribution in [-0.2, 0) is 19.6 Å². The fraction of sp³-hybridized carbons (Fsp3) is 0.350. The molecule has 0 amide bonds. The Labute approximate surface area is 146 Å². The minimum Gasteiger partial charge on any atom is -0.473 e. The molecule has 0 aliphatic carbocycles. The molecule has 0 bridgehead atoms. The molecule has 128 valence electrons. The summed E-state index contributed by atoms with van der Waals surface area (Å²) in [4.78, 5) is 21.7. The second-order valence-corrected chi connectivity index (χ2v) is 7.39. The highest BCUT2D eigenvalue weighted by Gasteiger charge is 2.27. The zero-order valence-corrected chi connectivity index (χ0v) is 14.5. The third-order valence-corrected chi connectivity index (χ3v) is 4.73. The SMILES string of the molecule is CC1(C)CCc2nc3cc(COc4ccccn4)ccc3c(=O)n2C1. The van der Waals surface area contributed by atoms with Crippen molar-refractivity contribution < 1.29 is 4.74 Å². The van der Waals surface area contributed by atoms with Crippen LogP contribution in [0.15, 0.2) is 47.4 Å². The van der Waals surface area contributed by atoms with Gasteiger partial charge in [0.15, 0.2) is 0 Å². The van der Waals surface area contributed by atoms with Crippen LogP contribution in [0.25, 0.3) is 10.9 Å². The second-order valence-electron chi connectivity index (χ2n) is 7.39. The van der Waals surface area contributed by atoms with Crippen LogP contribution in [0.3, 0.4) is 0 Å². The summed E-state index contributed by atoms with van der Waals surface area (Å²) in [5, 5.41) is 0.669. The Morgan fingerprint density at radius 3 is 2.92 bits per heavy atom. The first-order chi connectivity index (χ1) is 12.0. The number of aryl methyl sites for hydroxylation is 1. The first-order valence-corrected chi connectivity index (χ1v) is 8.58. The van der Waals surface area contributed by atoms with E-state index in [-0.39, 0.29) is 11.0 Å². The number of fused-ring (bicyclic) bond motifs is 2. The normalized spacial score (nSPS) is 15.8. The summed E-state index contributed by atoms with van der Waals surface area (Å²) in [5.41, 5.74) is 1.93. The fourth-order valence-electron chi connectivity index (χ4n) is 3.30. The van der Waals surface area contributed by atoms with E-state index in [1.165, 1.54) is 0 Å². The highest BCUT2D eigenvalue weighted by molar-refractivity contribution is 5.78. The molecule has 0 spiro atoms. The van der Waals surface area contributed by atoms with Gasteiger partial charge in [0.25, 0.3) is 5.56 Å². The molecule has 0 fully saturated rings. The Morgan fingerprint density at radius 1 is 1.24 bits per heavy atom. The lowest BCUT2D eigenvalue weighted by Gasteiger charge is -2.31. The van der Waals surface area contributed by atoms with Crippen molar-refractivity contribution in [3.05, 3.63) is 64.3 Å². The topological polar surface area (TPSA) is 57.0 Å². The van der Waals surface area contributed by atoms with Crippen LogP contribution >= 0.6 is 0 Å². The predicted octanol–water partition coefficient (Wildman–Crippen LogP) is 3.34. The summed E-state index contributed by atoms with van der Waals surface area (Å²) >= 11 is 0. The largest absolute Gasteiger partial charge is 0.473 e. The van der Waals surface area contributed by atoms with Gasteiger partial charge in [-0.2, -0.15) is 0 Å². The summed E-state index contributed by atoms with van der Waals surface area (Å²) in [6.07, 6.45) is 3.59. The molecule has 0 saturated carbocycles. The molecule has 4 rings (SSSR count). The molecule has 1 aliphatic heterocycles. The monoisotopic (exact) mass is 335 g/mol. The molecule has 2 aromatic heterocycles. The number of benzene rings is 1. The van der Waals surface area contributed by atoms with Gasteiger partial charge in [0.2, 0.25) is 5.88 Å². The van der Waals surface area contributed by atoms with Crippen molar-refractivity contribution in [2.45, 2.75) is 39.8 Å². The van der Waals surface area contributed by atoms with E-state index in [0.29, 0.717) is 17.9 Å². The molecular formula is C20H21N3O2. The van der Waals surface area contributed by atoms with E-state index in [9.17, 15) is 4.79 Å². The van der Waals surface area contributed by atoms with E-state index < -0.39 is 0 Å². The van der Waals surface area contributed by atoms with Gasteiger partial charge in [0.05, 0.1) is 10.9 Å². The number of rotatable bonds is 3. The lowest BCUT2D eigenvalue weighted by molar-refractivity contribution is 0.240. The van der Waals surface area contributed by atoms with Crippen molar-refractivity contribution >= 4 is 10.9 Å². The molecule has 3 heterocycles. The lowest BCUT2D eigenvalue weighted by Crippen LogP contribution is -2.36. The Bertz CT molecular complexity index is 977. The van der Waals surface area contributed by atoms with Crippen molar-refractivity contribution in [1.29, 1.82) is 0 Å². The Morgan fingerprint density at radius 2 is 2.12 bits per heavy atom. The third-order valence-electron chi connectivity index (χ3n) is 4.73. The Hall–Kier alpha value is -2.69. The predicted molar refractivity (Wildman–Crippen MR) is 96.7 cm³/mol. The number of hydrogen-bond acceptors (Lipinski definition) is 4. The lowest BCUT2D eigenvalue weighted by atomic mass is 9.85. The van der Waals surface area contributed by atoms with Crippen LogP contribution in [-0.4, -0.2) is 14.5 Å². The van der Waals surface area contributed by atoms with Crippen molar-refractivity contribution in [2.24, 2.45) is 5.41 Å². The maximum atomic E-state index is 12.8. The van der Waals surface area contributed by atoms with Crippen LogP contribution < -0.4 is 10.3 Å². The summed E-state index contributed by atoms with van der Waals surface area (Å²) in [6, 6.07) is 11.3.